The number of nitrogens with zero attached hydrogens (tertiary/aromatic N) is 2. The molecular weight excluding hydrogens is 540 g/mol. The number of hydrogen-bond donors (Lipinski definition) is 3. The van der Waals surface area contributed by atoms with Crippen molar-refractivity contribution in [2.75, 3.05) is 39.4 Å². The molecule has 3 aromatic rings. The molecule has 0 bridgehead atoms. The van der Waals surface area contributed by atoms with Gasteiger partial charge in [-0.3, -0.25) is 9.69 Å². The normalized spacial score (nSPS) is 21.2. The zero-order chi connectivity index (χ0) is 27.1. The number of carboxylic acid groups (broad SMARTS) is 1. The maximum Gasteiger partial charge on any atom is 0.338 e. The number of aromatic amines is 1. The minimum atomic E-state index is -2.09. The first-order valence-electron chi connectivity index (χ1n) is 12.1. The van der Waals surface area contributed by atoms with Crippen LogP contribution in [0.15, 0.2) is 40.1 Å². The Balaban J connectivity index is 1.44. The fourth-order valence-electron chi connectivity index (χ4n) is 5.11. The number of amides is 1. The Morgan fingerprint density at radius 1 is 1.21 bits per heavy atom. The van der Waals surface area contributed by atoms with Gasteiger partial charge in [0.2, 0.25) is 6.17 Å². The van der Waals surface area contributed by atoms with Crippen molar-refractivity contribution in [2.45, 2.75) is 35.0 Å². The number of rotatable bonds is 6. The van der Waals surface area contributed by atoms with Crippen molar-refractivity contribution in [3.05, 3.63) is 58.0 Å². The zero-order valence-corrected chi connectivity index (χ0v) is 22.0. The SMILES string of the molecule is Cc1[nH]c2c(C(F)C(=O)N3C[C@H](O)[C@@H](N4CCOCC4)C3)c(Cl)ccc2c1Sc1cccc(C(=O)O)c1F. The van der Waals surface area contributed by atoms with Crippen LogP contribution in [0.25, 0.3) is 10.9 Å². The number of aromatic carboxylic acids is 1. The maximum atomic E-state index is 15.9. The minimum absolute atomic E-state index is 0.0128. The number of likely N-dealkylation sites (tertiary alicyclic amines) is 1. The van der Waals surface area contributed by atoms with Gasteiger partial charge in [-0.15, -0.1) is 0 Å². The summed E-state index contributed by atoms with van der Waals surface area (Å²) < 4.78 is 36.1. The lowest BCUT2D eigenvalue weighted by atomic mass is 10.1. The van der Waals surface area contributed by atoms with Crippen LogP contribution in [0.4, 0.5) is 8.78 Å². The molecule has 8 nitrogen and oxygen atoms in total. The average Bonchev–Trinajstić information content (AvgIpc) is 3.44. The van der Waals surface area contributed by atoms with Crippen LogP contribution in [0.5, 0.6) is 0 Å². The van der Waals surface area contributed by atoms with Crippen LogP contribution in [0.1, 0.15) is 27.8 Å². The van der Waals surface area contributed by atoms with E-state index >= 15 is 4.39 Å². The van der Waals surface area contributed by atoms with Crippen LogP contribution in [0.2, 0.25) is 5.02 Å². The van der Waals surface area contributed by atoms with Gasteiger partial charge in [0.1, 0.15) is 0 Å². The smallest absolute Gasteiger partial charge is 0.338 e. The molecule has 2 aliphatic rings. The van der Waals surface area contributed by atoms with Crippen molar-refractivity contribution in [1.29, 1.82) is 0 Å². The highest BCUT2D eigenvalue weighted by atomic mass is 35.5. The number of benzene rings is 2. The number of alkyl halides is 1. The van der Waals surface area contributed by atoms with Gasteiger partial charge in [-0.05, 0) is 25.1 Å². The second-order valence-corrected chi connectivity index (χ2v) is 10.8. The van der Waals surface area contributed by atoms with Crippen LogP contribution in [-0.4, -0.2) is 88.4 Å². The zero-order valence-electron chi connectivity index (χ0n) is 20.4. The Bertz CT molecular complexity index is 1400. The molecule has 2 aromatic carbocycles. The first-order chi connectivity index (χ1) is 18.2. The lowest BCUT2D eigenvalue weighted by Crippen LogP contribution is -2.49. The quantitative estimate of drug-likeness (QED) is 0.414. The number of nitrogens with one attached hydrogen (secondary N) is 1. The monoisotopic (exact) mass is 565 g/mol. The average molecular weight is 566 g/mol. The molecule has 12 heteroatoms. The molecule has 1 amide bonds. The number of fused-ring (bicyclic) bond motifs is 1. The molecule has 0 spiro atoms. The third-order valence-corrected chi connectivity index (χ3v) is 8.65. The number of carbonyl (C=O) groups excluding carboxylic acids is 1. The summed E-state index contributed by atoms with van der Waals surface area (Å²) in [5, 5.41) is 20.4. The fourth-order valence-corrected chi connectivity index (χ4v) is 6.41. The van der Waals surface area contributed by atoms with Crippen LogP contribution in [-0.2, 0) is 9.53 Å². The largest absolute Gasteiger partial charge is 0.478 e. The van der Waals surface area contributed by atoms with Crippen LogP contribution in [0.3, 0.4) is 0 Å². The van der Waals surface area contributed by atoms with E-state index in [-0.39, 0.29) is 34.6 Å². The van der Waals surface area contributed by atoms with E-state index in [1.807, 2.05) is 0 Å². The lowest BCUT2D eigenvalue weighted by molar-refractivity contribution is -0.136. The molecule has 3 atom stereocenters. The van der Waals surface area contributed by atoms with E-state index in [0.717, 1.165) is 11.8 Å². The molecule has 202 valence electrons. The molecule has 3 N–H and O–H groups in total. The highest BCUT2D eigenvalue weighted by molar-refractivity contribution is 7.99. The third kappa shape index (κ3) is 4.89. The van der Waals surface area contributed by atoms with Gasteiger partial charge in [-0.2, -0.15) is 0 Å². The van der Waals surface area contributed by atoms with Gasteiger partial charge in [0.05, 0.1) is 36.4 Å². The van der Waals surface area contributed by atoms with E-state index in [9.17, 15) is 24.2 Å². The number of β-amino-alcohol motifs (C(OH)–C–C–N with tert-alkyl or cyclic N) is 1. The number of ether oxygens (including phenoxy) is 1. The number of aryl methyl sites for hydroxylation is 1. The van der Waals surface area contributed by atoms with E-state index in [1.54, 1.807) is 13.0 Å². The van der Waals surface area contributed by atoms with E-state index in [4.69, 9.17) is 16.3 Å². The molecule has 0 radical (unpaired) electrons. The summed E-state index contributed by atoms with van der Waals surface area (Å²) in [6.45, 7) is 4.27. The third-order valence-electron chi connectivity index (χ3n) is 7.05. The van der Waals surface area contributed by atoms with E-state index < -0.39 is 35.5 Å². The topological polar surface area (TPSA) is 106 Å². The molecule has 2 fully saturated rings. The molecule has 2 saturated heterocycles. The number of H-pyrrole nitrogens is 1. The summed E-state index contributed by atoms with van der Waals surface area (Å²) in [5.74, 6) is -3.04. The van der Waals surface area contributed by atoms with E-state index in [0.29, 0.717) is 47.8 Å². The Kier molecular flexibility index (Phi) is 7.65. The number of aliphatic hydroxyl groups excluding tert-OH is 1. The lowest BCUT2D eigenvalue weighted by Gasteiger charge is -2.33. The maximum absolute atomic E-state index is 15.9. The molecule has 1 aromatic heterocycles. The molecule has 3 heterocycles. The summed E-state index contributed by atoms with van der Waals surface area (Å²) in [5.41, 5.74) is 0.400. The van der Waals surface area contributed by atoms with Gasteiger partial charge in [0.25, 0.3) is 5.91 Å². The molecule has 38 heavy (non-hydrogen) atoms. The molecule has 5 rings (SSSR count). The van der Waals surface area contributed by atoms with Crippen molar-refractivity contribution in [3.63, 3.8) is 0 Å². The van der Waals surface area contributed by atoms with E-state index in [1.165, 1.54) is 29.2 Å². The van der Waals surface area contributed by atoms with Crippen molar-refractivity contribution in [2.24, 2.45) is 0 Å². The highest BCUT2D eigenvalue weighted by Gasteiger charge is 2.41. The molecule has 1 unspecified atom stereocenters. The number of carboxylic acids is 1. The second-order valence-electron chi connectivity index (χ2n) is 9.38. The van der Waals surface area contributed by atoms with Gasteiger partial charge in [-0.25, -0.2) is 13.6 Å². The summed E-state index contributed by atoms with van der Waals surface area (Å²) in [7, 11) is 0. The number of morpholine rings is 1. The van der Waals surface area contributed by atoms with Crippen LogP contribution >= 0.6 is 23.4 Å². The number of aromatic nitrogens is 1. The Morgan fingerprint density at radius 2 is 1.95 bits per heavy atom. The molecule has 0 aliphatic carbocycles. The van der Waals surface area contributed by atoms with Crippen LogP contribution in [0, 0.1) is 12.7 Å². The van der Waals surface area contributed by atoms with Crippen molar-refractivity contribution in [3.8, 4) is 0 Å². The number of halogens is 3. The number of hydrogen-bond acceptors (Lipinski definition) is 6. The van der Waals surface area contributed by atoms with Crippen molar-refractivity contribution < 1.29 is 33.3 Å². The van der Waals surface area contributed by atoms with Gasteiger partial charge < -0.3 is 24.8 Å². The highest BCUT2D eigenvalue weighted by Crippen LogP contribution is 2.42. The summed E-state index contributed by atoms with van der Waals surface area (Å²) in [6, 6.07) is 6.93. The van der Waals surface area contributed by atoms with Crippen LogP contribution < -0.4 is 0 Å². The Labute approximate surface area is 226 Å². The molecular formula is C26H26ClF2N3O5S. The predicted octanol–water partition coefficient (Wildman–Crippen LogP) is 4.03. The fraction of sp³-hybridized carbons (Fsp3) is 0.385. The van der Waals surface area contributed by atoms with Crippen molar-refractivity contribution in [1.82, 2.24) is 14.8 Å². The summed E-state index contributed by atoms with van der Waals surface area (Å²) in [4.78, 5) is 31.7. The molecule has 2 aliphatic heterocycles. The standard InChI is InChI=1S/C26H26ClF2N3O5S/c1-13-24(38-19-4-2-3-14(21(19)28)26(35)36)15-5-6-16(27)20(23(15)30-13)22(29)25(34)32-11-17(18(33)12-32)31-7-9-37-10-8-31/h2-6,17-18,22,30,33H,7-12H2,1H3,(H,35,36)/t17-,18-,22?/m0/s1. The number of aliphatic hydroxyl groups is 1. The second kappa shape index (κ2) is 10.8. The van der Waals surface area contributed by atoms with Gasteiger partial charge in [0.15, 0.2) is 5.82 Å². The Hall–Kier alpha value is -2.70. The summed E-state index contributed by atoms with van der Waals surface area (Å²) >= 11 is 7.40. The first kappa shape index (κ1) is 26.9. The summed E-state index contributed by atoms with van der Waals surface area (Å²) in [6.07, 6.45) is -2.90. The van der Waals surface area contributed by atoms with Gasteiger partial charge in [0, 0.05) is 57.6 Å². The van der Waals surface area contributed by atoms with Gasteiger partial charge in [-0.1, -0.05) is 35.5 Å². The molecule has 0 saturated carbocycles. The van der Waals surface area contributed by atoms with Gasteiger partial charge >= 0.3 is 5.97 Å². The predicted molar refractivity (Wildman–Crippen MR) is 138 cm³/mol. The van der Waals surface area contributed by atoms with Crippen molar-refractivity contribution >= 4 is 46.1 Å². The van der Waals surface area contributed by atoms with E-state index in [2.05, 4.69) is 9.88 Å². The minimum Gasteiger partial charge on any atom is -0.478 e. The number of carbonyl (C=O) groups is 2. The first-order valence-corrected chi connectivity index (χ1v) is 13.3. The Morgan fingerprint density at radius 3 is 2.66 bits per heavy atom.